The van der Waals surface area contributed by atoms with Crippen LogP contribution in [0.1, 0.15) is 32.1 Å². The summed E-state index contributed by atoms with van der Waals surface area (Å²) in [5, 5.41) is 10.8. The topological polar surface area (TPSA) is 43.8 Å². The van der Waals surface area contributed by atoms with Crippen molar-refractivity contribution < 1.29 is 9.90 Å². The summed E-state index contributed by atoms with van der Waals surface area (Å²) in [4.78, 5) is 16.8. The van der Waals surface area contributed by atoms with Crippen LogP contribution in [0.3, 0.4) is 0 Å². The zero-order valence-corrected chi connectivity index (χ0v) is 13.0. The first-order valence-corrected chi connectivity index (χ1v) is 9.15. The molecule has 3 fully saturated rings. The van der Waals surface area contributed by atoms with Crippen molar-refractivity contribution in [2.45, 2.75) is 37.7 Å². The van der Waals surface area contributed by atoms with Gasteiger partial charge in [-0.25, -0.2) is 0 Å². The molecule has 2 aliphatic heterocycles. The number of nitrogens with zero attached hydrogens (tertiary/aromatic N) is 2. The molecule has 0 bridgehead atoms. The van der Waals surface area contributed by atoms with Crippen LogP contribution in [0.4, 0.5) is 0 Å². The van der Waals surface area contributed by atoms with Crippen molar-refractivity contribution in [2.75, 3.05) is 44.2 Å². The lowest BCUT2D eigenvalue weighted by Crippen LogP contribution is -2.60. The van der Waals surface area contributed by atoms with E-state index in [1.165, 1.54) is 19.3 Å². The van der Waals surface area contributed by atoms with Crippen LogP contribution in [0.5, 0.6) is 0 Å². The summed E-state index contributed by atoms with van der Waals surface area (Å²) in [6, 6.07) is 0. The number of piperidine rings is 1. The van der Waals surface area contributed by atoms with Gasteiger partial charge in [0, 0.05) is 44.2 Å². The Kier molecular flexibility index (Phi) is 4.58. The second kappa shape index (κ2) is 6.24. The van der Waals surface area contributed by atoms with Crippen molar-refractivity contribution in [3.63, 3.8) is 0 Å². The molecule has 1 amide bonds. The van der Waals surface area contributed by atoms with E-state index in [1.807, 2.05) is 16.7 Å². The smallest absolute Gasteiger partial charge is 0.255 e. The highest BCUT2D eigenvalue weighted by atomic mass is 32.2. The zero-order valence-electron chi connectivity index (χ0n) is 12.2. The highest BCUT2D eigenvalue weighted by Crippen LogP contribution is 2.31. The van der Waals surface area contributed by atoms with Gasteiger partial charge in [0.05, 0.1) is 0 Å². The molecule has 1 saturated carbocycles. The van der Waals surface area contributed by atoms with Gasteiger partial charge in [0.15, 0.2) is 5.60 Å². The molecule has 5 heteroatoms. The van der Waals surface area contributed by atoms with Crippen LogP contribution in [0, 0.1) is 5.92 Å². The van der Waals surface area contributed by atoms with Gasteiger partial charge >= 0.3 is 0 Å². The standard InChI is InChI=1S/C15H26N2O2S/c18-14-15(19,12-16-7-9-20-10-8-16)5-2-6-17(14)11-13-3-1-4-13/h13,19H,1-12H2. The van der Waals surface area contributed by atoms with E-state index >= 15 is 0 Å². The molecule has 0 aromatic carbocycles. The van der Waals surface area contributed by atoms with Crippen LogP contribution >= 0.6 is 11.8 Å². The van der Waals surface area contributed by atoms with Gasteiger partial charge in [-0.3, -0.25) is 9.69 Å². The second-order valence-corrected chi connectivity index (χ2v) is 7.80. The molecule has 2 heterocycles. The van der Waals surface area contributed by atoms with Gasteiger partial charge < -0.3 is 10.0 Å². The lowest BCUT2D eigenvalue weighted by molar-refractivity contribution is -0.160. The highest BCUT2D eigenvalue weighted by molar-refractivity contribution is 7.99. The van der Waals surface area contributed by atoms with Gasteiger partial charge in [-0.1, -0.05) is 6.42 Å². The summed E-state index contributed by atoms with van der Waals surface area (Å²) < 4.78 is 0. The average molecular weight is 298 g/mol. The van der Waals surface area contributed by atoms with Crippen LogP contribution < -0.4 is 0 Å². The van der Waals surface area contributed by atoms with E-state index in [1.54, 1.807) is 0 Å². The van der Waals surface area contributed by atoms with Crippen molar-refractivity contribution in [3.8, 4) is 0 Å². The Morgan fingerprint density at radius 3 is 2.60 bits per heavy atom. The number of likely N-dealkylation sites (tertiary alicyclic amines) is 1. The first-order chi connectivity index (χ1) is 9.67. The number of carbonyl (C=O) groups excluding carboxylic acids is 1. The Morgan fingerprint density at radius 1 is 1.20 bits per heavy atom. The molecule has 4 nitrogen and oxygen atoms in total. The summed E-state index contributed by atoms with van der Waals surface area (Å²) in [5.74, 6) is 2.92. The maximum absolute atomic E-state index is 12.6. The first-order valence-electron chi connectivity index (χ1n) is 7.99. The molecule has 1 N–H and O–H groups in total. The van der Waals surface area contributed by atoms with Crippen LogP contribution in [0.2, 0.25) is 0 Å². The lowest BCUT2D eigenvalue weighted by atomic mass is 9.83. The summed E-state index contributed by atoms with van der Waals surface area (Å²) in [5.41, 5.74) is -1.12. The zero-order chi connectivity index (χ0) is 14.0. The third-order valence-corrected chi connectivity index (χ3v) is 5.94. The third kappa shape index (κ3) is 3.15. The SMILES string of the molecule is O=C1N(CC2CCC2)CCCC1(O)CN1CCSCC1. The van der Waals surface area contributed by atoms with E-state index in [0.29, 0.717) is 18.9 Å². The molecule has 0 aromatic heterocycles. The molecule has 0 radical (unpaired) electrons. The Hall–Kier alpha value is -0.260. The van der Waals surface area contributed by atoms with E-state index in [9.17, 15) is 9.90 Å². The van der Waals surface area contributed by atoms with E-state index in [0.717, 1.165) is 44.1 Å². The van der Waals surface area contributed by atoms with Crippen LogP contribution in [-0.2, 0) is 4.79 Å². The molecule has 1 aliphatic carbocycles. The molecule has 3 aliphatic rings. The largest absolute Gasteiger partial charge is 0.379 e. The lowest BCUT2D eigenvalue weighted by Gasteiger charge is -2.43. The summed E-state index contributed by atoms with van der Waals surface area (Å²) in [6.45, 7) is 4.25. The van der Waals surface area contributed by atoms with Gasteiger partial charge in [0.2, 0.25) is 0 Å². The quantitative estimate of drug-likeness (QED) is 0.847. The molecule has 3 rings (SSSR count). The summed E-state index contributed by atoms with van der Waals surface area (Å²) >= 11 is 1.96. The average Bonchev–Trinajstić information content (AvgIpc) is 2.40. The number of rotatable bonds is 4. The van der Waals surface area contributed by atoms with E-state index in [-0.39, 0.29) is 5.91 Å². The molecular formula is C15H26N2O2S. The van der Waals surface area contributed by atoms with Gasteiger partial charge in [-0.05, 0) is 31.6 Å². The number of aliphatic hydroxyl groups is 1. The van der Waals surface area contributed by atoms with Crippen molar-refractivity contribution in [1.82, 2.24) is 9.80 Å². The summed E-state index contributed by atoms with van der Waals surface area (Å²) in [7, 11) is 0. The van der Waals surface area contributed by atoms with Crippen LogP contribution in [0.25, 0.3) is 0 Å². The highest BCUT2D eigenvalue weighted by Gasteiger charge is 2.44. The van der Waals surface area contributed by atoms with Crippen molar-refractivity contribution in [1.29, 1.82) is 0 Å². The predicted octanol–water partition coefficient (Wildman–Crippen LogP) is 1.19. The summed E-state index contributed by atoms with van der Waals surface area (Å²) in [6.07, 6.45) is 5.40. The Bertz CT molecular complexity index is 356. The van der Waals surface area contributed by atoms with E-state index in [4.69, 9.17) is 0 Å². The Morgan fingerprint density at radius 2 is 1.95 bits per heavy atom. The molecule has 114 valence electrons. The number of β-amino-alcohol motifs (C(OH)–C–C–N with tert-alkyl or cyclic N) is 1. The molecule has 1 unspecified atom stereocenters. The minimum Gasteiger partial charge on any atom is -0.379 e. The molecular weight excluding hydrogens is 272 g/mol. The van der Waals surface area contributed by atoms with Crippen LogP contribution in [0.15, 0.2) is 0 Å². The minimum atomic E-state index is -1.12. The first kappa shape index (κ1) is 14.7. The monoisotopic (exact) mass is 298 g/mol. The maximum atomic E-state index is 12.6. The number of hydrogen-bond donors (Lipinski definition) is 1. The number of thioether (sulfide) groups is 1. The molecule has 0 spiro atoms. The number of amides is 1. The maximum Gasteiger partial charge on any atom is 0.255 e. The fraction of sp³-hybridized carbons (Fsp3) is 0.933. The van der Waals surface area contributed by atoms with Crippen molar-refractivity contribution >= 4 is 17.7 Å². The van der Waals surface area contributed by atoms with Crippen molar-refractivity contribution in [3.05, 3.63) is 0 Å². The van der Waals surface area contributed by atoms with Gasteiger partial charge in [-0.2, -0.15) is 11.8 Å². The fourth-order valence-electron chi connectivity index (χ4n) is 3.50. The van der Waals surface area contributed by atoms with Gasteiger partial charge in [0.1, 0.15) is 0 Å². The second-order valence-electron chi connectivity index (χ2n) is 6.57. The Balaban J connectivity index is 1.59. The Labute approximate surface area is 125 Å². The van der Waals surface area contributed by atoms with E-state index < -0.39 is 5.60 Å². The van der Waals surface area contributed by atoms with E-state index in [2.05, 4.69) is 4.90 Å². The van der Waals surface area contributed by atoms with Crippen molar-refractivity contribution in [2.24, 2.45) is 5.92 Å². The molecule has 20 heavy (non-hydrogen) atoms. The molecule has 2 saturated heterocycles. The third-order valence-electron chi connectivity index (χ3n) is 5.00. The number of hydrogen-bond acceptors (Lipinski definition) is 4. The molecule has 0 aromatic rings. The van der Waals surface area contributed by atoms with Crippen LogP contribution in [-0.4, -0.2) is 70.6 Å². The fourth-order valence-corrected chi connectivity index (χ4v) is 4.48. The normalized spacial score (nSPS) is 33.2. The molecule has 1 atom stereocenters. The predicted molar refractivity (Wildman–Crippen MR) is 81.9 cm³/mol. The number of carbonyl (C=O) groups is 1. The van der Waals surface area contributed by atoms with Gasteiger partial charge in [-0.15, -0.1) is 0 Å². The van der Waals surface area contributed by atoms with Gasteiger partial charge in [0.25, 0.3) is 5.91 Å². The minimum absolute atomic E-state index is 0.00567.